The molecule has 0 aliphatic carbocycles. The van der Waals surface area contributed by atoms with Gasteiger partial charge in [-0.15, -0.1) is 0 Å². The average molecular weight is 313 g/mol. The third kappa shape index (κ3) is 3.43. The van der Waals surface area contributed by atoms with Crippen LogP contribution in [0, 0.1) is 6.92 Å². The summed E-state index contributed by atoms with van der Waals surface area (Å²) in [6.07, 6.45) is 0. The highest BCUT2D eigenvalue weighted by Gasteiger charge is 2.13. The van der Waals surface area contributed by atoms with Crippen LogP contribution in [0.1, 0.15) is 5.56 Å². The summed E-state index contributed by atoms with van der Waals surface area (Å²) in [5.74, 6) is 1.90. The van der Waals surface area contributed by atoms with Gasteiger partial charge >= 0.3 is 0 Å². The Morgan fingerprint density at radius 2 is 1.50 bits per heavy atom. The van der Waals surface area contributed by atoms with Crippen LogP contribution in [0.15, 0.2) is 47.4 Å². The van der Waals surface area contributed by atoms with Gasteiger partial charge in [0.2, 0.25) is 0 Å². The van der Waals surface area contributed by atoms with Crippen LogP contribution in [-0.4, -0.2) is 15.5 Å². The van der Waals surface area contributed by atoms with E-state index in [1.54, 1.807) is 50.4 Å². The molecule has 106 valence electrons. The second-order valence-electron chi connectivity index (χ2n) is 4.14. The first kappa shape index (κ1) is 14.7. The summed E-state index contributed by atoms with van der Waals surface area (Å²) in [4.78, 5) is 0.0845. The smallest absolute Gasteiger partial charge is 0.261 e. The SMILES string of the molecule is COc1ccc(Oc2ccc(S(=O)(=O)Cl)c(C)c2)cc1. The van der Waals surface area contributed by atoms with Gasteiger partial charge in [-0.1, -0.05) is 0 Å². The third-order valence-electron chi connectivity index (χ3n) is 2.70. The van der Waals surface area contributed by atoms with Gasteiger partial charge in [0.25, 0.3) is 9.05 Å². The number of benzene rings is 2. The largest absolute Gasteiger partial charge is 0.497 e. The number of ether oxygens (including phenoxy) is 2. The van der Waals surface area contributed by atoms with Crippen LogP contribution in [0.4, 0.5) is 0 Å². The topological polar surface area (TPSA) is 52.6 Å². The Kier molecular flexibility index (Phi) is 4.20. The van der Waals surface area contributed by atoms with Crippen molar-refractivity contribution in [3.8, 4) is 17.2 Å². The summed E-state index contributed by atoms with van der Waals surface area (Å²) in [6, 6.07) is 11.7. The molecule has 2 aromatic carbocycles. The molecule has 0 N–H and O–H groups in total. The molecular weight excluding hydrogens is 300 g/mol. The zero-order valence-electron chi connectivity index (χ0n) is 11.0. The van der Waals surface area contributed by atoms with Gasteiger partial charge in [0, 0.05) is 10.7 Å². The molecule has 0 saturated carbocycles. The van der Waals surface area contributed by atoms with E-state index in [9.17, 15) is 8.42 Å². The van der Waals surface area contributed by atoms with E-state index in [0.29, 0.717) is 17.1 Å². The van der Waals surface area contributed by atoms with Crippen molar-refractivity contribution >= 4 is 19.7 Å². The van der Waals surface area contributed by atoms with Crippen molar-refractivity contribution in [3.05, 3.63) is 48.0 Å². The minimum atomic E-state index is -3.73. The summed E-state index contributed by atoms with van der Waals surface area (Å²) in [5, 5.41) is 0. The van der Waals surface area contributed by atoms with Crippen molar-refractivity contribution in [2.24, 2.45) is 0 Å². The minimum absolute atomic E-state index is 0.0845. The number of aryl methyl sites for hydroxylation is 1. The standard InChI is InChI=1S/C14H13ClO4S/c1-10-9-13(7-8-14(10)20(15,16)17)19-12-5-3-11(18-2)4-6-12/h3-9H,1-2H3. The molecule has 2 rings (SSSR count). The van der Waals surface area contributed by atoms with Gasteiger partial charge in [-0.25, -0.2) is 8.42 Å². The van der Waals surface area contributed by atoms with E-state index in [1.807, 2.05) is 0 Å². The Balaban J connectivity index is 2.24. The van der Waals surface area contributed by atoms with Gasteiger partial charge in [-0.05, 0) is 55.0 Å². The number of hydrogen-bond acceptors (Lipinski definition) is 4. The molecule has 0 unspecified atom stereocenters. The van der Waals surface area contributed by atoms with E-state index in [2.05, 4.69) is 0 Å². The lowest BCUT2D eigenvalue weighted by molar-refractivity contribution is 0.413. The lowest BCUT2D eigenvalue weighted by atomic mass is 10.2. The molecular formula is C14H13ClO4S. The first-order valence-electron chi connectivity index (χ1n) is 5.77. The van der Waals surface area contributed by atoms with E-state index in [0.717, 1.165) is 5.75 Å². The van der Waals surface area contributed by atoms with E-state index in [-0.39, 0.29) is 4.90 Å². The fourth-order valence-electron chi connectivity index (χ4n) is 1.74. The van der Waals surface area contributed by atoms with Crippen LogP contribution in [-0.2, 0) is 9.05 Å². The molecule has 0 aliphatic rings. The summed E-state index contributed by atoms with van der Waals surface area (Å²) in [5.41, 5.74) is 0.533. The fraction of sp³-hybridized carbons (Fsp3) is 0.143. The molecule has 0 aliphatic heterocycles. The molecule has 0 aromatic heterocycles. The van der Waals surface area contributed by atoms with E-state index in [1.165, 1.54) is 6.07 Å². The lowest BCUT2D eigenvalue weighted by Gasteiger charge is -2.09. The van der Waals surface area contributed by atoms with Gasteiger partial charge in [0.15, 0.2) is 0 Å². The average Bonchev–Trinajstić information content (AvgIpc) is 2.38. The molecule has 0 radical (unpaired) electrons. The van der Waals surface area contributed by atoms with Gasteiger partial charge in [0.1, 0.15) is 17.2 Å². The zero-order valence-corrected chi connectivity index (χ0v) is 12.5. The van der Waals surface area contributed by atoms with Gasteiger partial charge in [-0.3, -0.25) is 0 Å². The normalized spacial score (nSPS) is 11.2. The molecule has 0 amide bonds. The van der Waals surface area contributed by atoms with E-state index >= 15 is 0 Å². The second kappa shape index (κ2) is 5.73. The lowest BCUT2D eigenvalue weighted by Crippen LogP contribution is -1.95. The third-order valence-corrected chi connectivity index (χ3v) is 4.19. The molecule has 0 bridgehead atoms. The maximum atomic E-state index is 11.3. The van der Waals surface area contributed by atoms with Crippen LogP contribution in [0.2, 0.25) is 0 Å². The van der Waals surface area contributed by atoms with Crippen LogP contribution in [0.25, 0.3) is 0 Å². The van der Waals surface area contributed by atoms with Crippen molar-refractivity contribution in [1.82, 2.24) is 0 Å². The van der Waals surface area contributed by atoms with Crippen LogP contribution in [0.5, 0.6) is 17.2 Å². The molecule has 20 heavy (non-hydrogen) atoms. The monoisotopic (exact) mass is 312 g/mol. The Morgan fingerprint density at radius 1 is 0.950 bits per heavy atom. The maximum absolute atomic E-state index is 11.3. The molecule has 0 spiro atoms. The van der Waals surface area contributed by atoms with Crippen molar-refractivity contribution < 1.29 is 17.9 Å². The highest BCUT2D eigenvalue weighted by Crippen LogP contribution is 2.28. The number of hydrogen-bond donors (Lipinski definition) is 0. The number of methoxy groups -OCH3 is 1. The molecule has 0 fully saturated rings. The van der Waals surface area contributed by atoms with Gasteiger partial charge in [-0.2, -0.15) is 0 Å². The Labute approximate surface area is 122 Å². The Bertz CT molecular complexity index is 708. The summed E-state index contributed by atoms with van der Waals surface area (Å²) < 4.78 is 33.3. The van der Waals surface area contributed by atoms with Crippen molar-refractivity contribution in [2.45, 2.75) is 11.8 Å². The fourth-order valence-corrected chi connectivity index (χ4v) is 2.93. The van der Waals surface area contributed by atoms with E-state index < -0.39 is 9.05 Å². The molecule has 2 aromatic rings. The van der Waals surface area contributed by atoms with Crippen molar-refractivity contribution in [1.29, 1.82) is 0 Å². The molecule has 6 heteroatoms. The summed E-state index contributed by atoms with van der Waals surface area (Å²) in [6.45, 7) is 1.66. The zero-order chi connectivity index (χ0) is 14.8. The summed E-state index contributed by atoms with van der Waals surface area (Å²) >= 11 is 0. The molecule has 0 atom stereocenters. The highest BCUT2D eigenvalue weighted by atomic mass is 35.7. The van der Waals surface area contributed by atoms with Crippen molar-refractivity contribution in [2.75, 3.05) is 7.11 Å². The predicted octanol–water partition coefficient (Wildman–Crippen LogP) is 3.72. The van der Waals surface area contributed by atoms with E-state index in [4.69, 9.17) is 20.2 Å². The van der Waals surface area contributed by atoms with Gasteiger partial charge < -0.3 is 9.47 Å². The second-order valence-corrected chi connectivity index (χ2v) is 6.68. The van der Waals surface area contributed by atoms with Crippen LogP contribution in [0.3, 0.4) is 0 Å². The molecule has 0 heterocycles. The highest BCUT2D eigenvalue weighted by molar-refractivity contribution is 8.13. The Morgan fingerprint density at radius 3 is 2.00 bits per heavy atom. The number of rotatable bonds is 4. The van der Waals surface area contributed by atoms with Gasteiger partial charge in [0.05, 0.1) is 12.0 Å². The minimum Gasteiger partial charge on any atom is -0.497 e. The van der Waals surface area contributed by atoms with Crippen LogP contribution >= 0.6 is 10.7 Å². The van der Waals surface area contributed by atoms with Crippen LogP contribution < -0.4 is 9.47 Å². The van der Waals surface area contributed by atoms with Crippen molar-refractivity contribution in [3.63, 3.8) is 0 Å². The first-order valence-corrected chi connectivity index (χ1v) is 8.08. The molecule has 0 saturated heterocycles. The Hall–Kier alpha value is -1.72. The quantitative estimate of drug-likeness (QED) is 0.807. The number of halogens is 1. The first-order chi connectivity index (χ1) is 9.40. The maximum Gasteiger partial charge on any atom is 0.261 e. The summed E-state index contributed by atoms with van der Waals surface area (Å²) in [7, 11) is 3.18. The molecule has 4 nitrogen and oxygen atoms in total. The predicted molar refractivity (Wildman–Crippen MR) is 77.3 cm³/mol.